The van der Waals surface area contributed by atoms with Crippen LogP contribution in [0.4, 0.5) is 5.69 Å². The standard InChI is InChI=1S/C27H35N3O5S/c1-19-9-7-10-22(15-19)17-29(20(2)27(33)28-24-12-5-6-13-24)26(32)18-30(36(4,34)35)25-14-8-11-23(16-25)21(3)31/h7-11,14-16,20,24H,5-6,12-13,17-18H2,1-4H3,(H,28,33)/t20-/m0/s1. The van der Waals surface area contributed by atoms with Crippen LogP contribution in [0, 0.1) is 6.92 Å². The zero-order valence-electron chi connectivity index (χ0n) is 21.4. The fourth-order valence-corrected chi connectivity index (χ4v) is 5.32. The Hall–Kier alpha value is -3.20. The molecule has 1 atom stereocenters. The van der Waals surface area contributed by atoms with Gasteiger partial charge in [-0.15, -0.1) is 0 Å². The number of benzene rings is 2. The average molecular weight is 514 g/mol. The van der Waals surface area contributed by atoms with Crippen LogP contribution in [-0.4, -0.2) is 55.8 Å². The molecule has 36 heavy (non-hydrogen) atoms. The lowest BCUT2D eigenvalue weighted by Gasteiger charge is -2.32. The smallest absolute Gasteiger partial charge is 0.244 e. The Balaban J connectivity index is 1.90. The first-order valence-corrected chi connectivity index (χ1v) is 14.0. The van der Waals surface area contributed by atoms with Crippen molar-refractivity contribution in [1.82, 2.24) is 10.2 Å². The van der Waals surface area contributed by atoms with Gasteiger partial charge in [-0.2, -0.15) is 0 Å². The number of Topliss-reactive ketones (excluding diaryl/α,β-unsaturated/α-hetero) is 1. The predicted molar refractivity (Wildman–Crippen MR) is 140 cm³/mol. The molecule has 0 aromatic heterocycles. The van der Waals surface area contributed by atoms with E-state index in [-0.39, 0.29) is 30.0 Å². The van der Waals surface area contributed by atoms with Gasteiger partial charge in [0.25, 0.3) is 0 Å². The second-order valence-corrected chi connectivity index (χ2v) is 11.5. The molecule has 0 heterocycles. The normalized spacial score (nSPS) is 14.8. The number of carbonyl (C=O) groups excluding carboxylic acids is 3. The van der Waals surface area contributed by atoms with Crippen LogP contribution in [0.25, 0.3) is 0 Å². The Morgan fingerprint density at radius 1 is 1.06 bits per heavy atom. The van der Waals surface area contributed by atoms with Gasteiger partial charge in [-0.05, 0) is 51.3 Å². The highest BCUT2D eigenvalue weighted by Crippen LogP contribution is 2.22. The van der Waals surface area contributed by atoms with Gasteiger partial charge in [0.1, 0.15) is 12.6 Å². The highest BCUT2D eigenvalue weighted by Gasteiger charge is 2.31. The van der Waals surface area contributed by atoms with Gasteiger partial charge in [-0.25, -0.2) is 8.42 Å². The van der Waals surface area contributed by atoms with Gasteiger partial charge in [0.15, 0.2) is 5.78 Å². The molecule has 0 bridgehead atoms. The summed E-state index contributed by atoms with van der Waals surface area (Å²) in [7, 11) is -3.86. The largest absolute Gasteiger partial charge is 0.352 e. The molecule has 0 aliphatic heterocycles. The van der Waals surface area contributed by atoms with Crippen LogP contribution in [0.15, 0.2) is 48.5 Å². The molecule has 8 nitrogen and oxygen atoms in total. The molecule has 9 heteroatoms. The molecular weight excluding hydrogens is 478 g/mol. The molecule has 1 aliphatic rings. The van der Waals surface area contributed by atoms with Crippen molar-refractivity contribution in [2.75, 3.05) is 17.1 Å². The highest BCUT2D eigenvalue weighted by molar-refractivity contribution is 7.92. The van der Waals surface area contributed by atoms with Crippen molar-refractivity contribution in [1.29, 1.82) is 0 Å². The fourth-order valence-electron chi connectivity index (χ4n) is 4.48. The van der Waals surface area contributed by atoms with E-state index in [2.05, 4.69) is 5.32 Å². The zero-order valence-corrected chi connectivity index (χ0v) is 22.2. The molecule has 0 saturated heterocycles. The van der Waals surface area contributed by atoms with Gasteiger partial charge in [0.05, 0.1) is 11.9 Å². The topological polar surface area (TPSA) is 104 Å². The van der Waals surface area contributed by atoms with Crippen molar-refractivity contribution in [3.8, 4) is 0 Å². The van der Waals surface area contributed by atoms with Gasteiger partial charge in [0.2, 0.25) is 21.8 Å². The number of anilines is 1. The van der Waals surface area contributed by atoms with Crippen LogP contribution in [0.1, 0.15) is 61.0 Å². The molecule has 2 aromatic carbocycles. The molecule has 0 unspecified atom stereocenters. The number of hydrogen-bond acceptors (Lipinski definition) is 5. The van der Waals surface area contributed by atoms with Gasteiger partial charge in [-0.1, -0.05) is 54.8 Å². The lowest BCUT2D eigenvalue weighted by atomic mass is 10.1. The molecule has 0 radical (unpaired) electrons. The van der Waals surface area contributed by atoms with E-state index >= 15 is 0 Å². The van der Waals surface area contributed by atoms with Crippen molar-refractivity contribution < 1.29 is 22.8 Å². The number of aryl methyl sites for hydroxylation is 1. The van der Waals surface area contributed by atoms with E-state index < -0.39 is 28.5 Å². The van der Waals surface area contributed by atoms with Crippen molar-refractivity contribution in [2.24, 2.45) is 0 Å². The molecule has 0 spiro atoms. The minimum atomic E-state index is -3.86. The molecule has 2 aromatic rings. The van der Waals surface area contributed by atoms with Gasteiger partial charge in [0, 0.05) is 18.2 Å². The van der Waals surface area contributed by atoms with Crippen LogP contribution < -0.4 is 9.62 Å². The first-order chi connectivity index (χ1) is 17.0. The lowest BCUT2D eigenvalue weighted by Crippen LogP contribution is -2.52. The minimum absolute atomic E-state index is 0.0951. The second-order valence-electron chi connectivity index (χ2n) is 9.55. The molecule has 2 amide bonds. The Bertz CT molecular complexity index is 1220. The molecule has 194 valence electrons. The number of nitrogens with zero attached hydrogens (tertiary/aromatic N) is 2. The number of sulfonamides is 1. The average Bonchev–Trinajstić information content (AvgIpc) is 3.32. The van der Waals surface area contributed by atoms with E-state index in [0.29, 0.717) is 5.56 Å². The highest BCUT2D eigenvalue weighted by atomic mass is 32.2. The summed E-state index contributed by atoms with van der Waals surface area (Å²) in [5.41, 5.74) is 2.42. The summed E-state index contributed by atoms with van der Waals surface area (Å²) < 4.78 is 26.4. The number of carbonyl (C=O) groups is 3. The third-order valence-electron chi connectivity index (χ3n) is 6.52. The summed E-state index contributed by atoms with van der Waals surface area (Å²) in [6, 6.07) is 13.1. The van der Waals surface area contributed by atoms with E-state index in [1.54, 1.807) is 25.1 Å². The van der Waals surface area contributed by atoms with Gasteiger partial charge in [-0.3, -0.25) is 18.7 Å². The first-order valence-electron chi connectivity index (χ1n) is 12.2. The van der Waals surface area contributed by atoms with Crippen LogP contribution in [0.2, 0.25) is 0 Å². The number of nitrogens with one attached hydrogen (secondary N) is 1. The summed E-state index contributed by atoms with van der Waals surface area (Å²) in [5.74, 6) is -0.980. The van der Waals surface area contributed by atoms with E-state index in [9.17, 15) is 22.8 Å². The Morgan fingerprint density at radius 3 is 2.33 bits per heavy atom. The van der Waals surface area contributed by atoms with Gasteiger partial charge >= 0.3 is 0 Å². The third kappa shape index (κ3) is 7.16. The van der Waals surface area contributed by atoms with Crippen molar-refractivity contribution >= 4 is 33.3 Å². The number of amides is 2. The predicted octanol–water partition coefficient (Wildman–Crippen LogP) is 3.44. The van der Waals surface area contributed by atoms with E-state index in [4.69, 9.17) is 0 Å². The van der Waals surface area contributed by atoms with E-state index in [1.807, 2.05) is 31.2 Å². The minimum Gasteiger partial charge on any atom is -0.352 e. The van der Waals surface area contributed by atoms with Gasteiger partial charge < -0.3 is 10.2 Å². The Morgan fingerprint density at radius 2 is 1.72 bits per heavy atom. The van der Waals surface area contributed by atoms with Crippen molar-refractivity contribution in [3.05, 3.63) is 65.2 Å². The Labute approximate surface area is 213 Å². The lowest BCUT2D eigenvalue weighted by molar-refractivity contribution is -0.139. The first kappa shape index (κ1) is 27.4. The van der Waals surface area contributed by atoms with Crippen LogP contribution in [-0.2, 0) is 26.2 Å². The van der Waals surface area contributed by atoms with E-state index in [1.165, 1.54) is 17.9 Å². The third-order valence-corrected chi connectivity index (χ3v) is 7.66. The molecule has 1 fully saturated rings. The SMILES string of the molecule is CC(=O)c1cccc(N(CC(=O)N(Cc2cccc(C)c2)[C@@H](C)C(=O)NC2CCCC2)S(C)(=O)=O)c1. The maximum atomic E-state index is 13.6. The molecule has 3 rings (SSSR count). The maximum Gasteiger partial charge on any atom is 0.244 e. The number of rotatable bonds is 10. The fraction of sp³-hybridized carbons (Fsp3) is 0.444. The van der Waals surface area contributed by atoms with Crippen molar-refractivity contribution in [2.45, 2.75) is 65.1 Å². The van der Waals surface area contributed by atoms with E-state index in [0.717, 1.165) is 47.4 Å². The summed E-state index contributed by atoms with van der Waals surface area (Å²) in [4.78, 5) is 40.0. The summed E-state index contributed by atoms with van der Waals surface area (Å²) in [6.45, 7) is 4.67. The summed E-state index contributed by atoms with van der Waals surface area (Å²) in [6.07, 6.45) is 4.97. The number of ketones is 1. The van der Waals surface area contributed by atoms with Crippen LogP contribution in [0.5, 0.6) is 0 Å². The van der Waals surface area contributed by atoms with Crippen molar-refractivity contribution in [3.63, 3.8) is 0 Å². The van der Waals surface area contributed by atoms with Crippen LogP contribution >= 0.6 is 0 Å². The number of hydrogen-bond donors (Lipinski definition) is 1. The molecule has 1 aliphatic carbocycles. The second kappa shape index (κ2) is 11.7. The molecular formula is C27H35N3O5S. The molecule has 1 N–H and O–H groups in total. The molecule has 1 saturated carbocycles. The monoisotopic (exact) mass is 513 g/mol. The summed E-state index contributed by atoms with van der Waals surface area (Å²) >= 11 is 0. The zero-order chi connectivity index (χ0) is 26.5. The van der Waals surface area contributed by atoms with Crippen LogP contribution in [0.3, 0.4) is 0 Å². The quantitative estimate of drug-likeness (QED) is 0.490. The maximum absolute atomic E-state index is 13.6. The summed E-state index contributed by atoms with van der Waals surface area (Å²) in [5, 5.41) is 3.04. The Kier molecular flexibility index (Phi) is 8.89.